The molecule has 0 aliphatic rings. The van der Waals surface area contributed by atoms with Crippen LogP contribution in [0.3, 0.4) is 0 Å². The van der Waals surface area contributed by atoms with Gasteiger partial charge in [0.05, 0.1) is 16.8 Å². The van der Waals surface area contributed by atoms with Gasteiger partial charge < -0.3 is 4.42 Å². The Morgan fingerprint density at radius 2 is 0.774 bits per heavy atom. The molecule has 0 N–H and O–H groups in total. The maximum Gasteiger partial charge on any atom is 0.231 e. The number of hydrogen-bond donors (Lipinski definition) is 0. The number of thiophene rings is 1. The van der Waals surface area contributed by atoms with Gasteiger partial charge in [-0.3, -0.25) is 0 Å². The SMILES string of the molecule is c1ccc(-c2ccc(-c3nc(-c4cccc(-c5cccc(-c6nc(-c7ccc(-c8ccccc8)cc7)nc7sc8ccccc8c67)c5)c4)c4c(n3)oc3ccccc34)cc2)cc1. The highest BCUT2D eigenvalue weighted by Crippen LogP contribution is 2.42. The third-order valence-electron chi connectivity index (χ3n) is 11.6. The van der Waals surface area contributed by atoms with E-state index in [0.717, 1.165) is 93.4 Å². The van der Waals surface area contributed by atoms with Crippen molar-refractivity contribution in [1.82, 2.24) is 19.9 Å². The van der Waals surface area contributed by atoms with Gasteiger partial charge in [-0.1, -0.05) is 182 Å². The van der Waals surface area contributed by atoms with E-state index in [4.69, 9.17) is 24.4 Å². The molecular formula is C56H34N4OS. The Balaban J connectivity index is 0.970. The van der Waals surface area contributed by atoms with Gasteiger partial charge in [-0.15, -0.1) is 11.3 Å². The molecule has 8 aromatic carbocycles. The Labute approximate surface area is 361 Å². The first-order valence-electron chi connectivity index (χ1n) is 20.6. The maximum atomic E-state index is 6.41. The summed E-state index contributed by atoms with van der Waals surface area (Å²) in [7, 11) is 0. The van der Waals surface area contributed by atoms with E-state index in [9.17, 15) is 0 Å². The van der Waals surface area contributed by atoms with Crippen molar-refractivity contribution in [2.45, 2.75) is 0 Å². The second-order valence-electron chi connectivity index (χ2n) is 15.4. The fraction of sp³-hybridized carbons (Fsp3) is 0. The molecule has 0 spiro atoms. The van der Waals surface area contributed by atoms with Crippen LogP contribution in [0.2, 0.25) is 0 Å². The second kappa shape index (κ2) is 14.9. The predicted molar refractivity (Wildman–Crippen MR) is 256 cm³/mol. The molecule has 290 valence electrons. The van der Waals surface area contributed by atoms with Gasteiger partial charge in [0.2, 0.25) is 5.71 Å². The van der Waals surface area contributed by atoms with Crippen molar-refractivity contribution in [3.63, 3.8) is 0 Å². The van der Waals surface area contributed by atoms with Gasteiger partial charge in [-0.25, -0.2) is 15.0 Å². The fourth-order valence-corrected chi connectivity index (χ4v) is 9.57. The zero-order chi connectivity index (χ0) is 41.0. The van der Waals surface area contributed by atoms with Crippen molar-refractivity contribution in [2.24, 2.45) is 0 Å². The number of benzene rings is 8. The van der Waals surface area contributed by atoms with E-state index < -0.39 is 0 Å². The summed E-state index contributed by atoms with van der Waals surface area (Å²) in [6.45, 7) is 0. The molecule has 5 nitrogen and oxygen atoms in total. The van der Waals surface area contributed by atoms with E-state index in [1.165, 1.54) is 10.3 Å². The molecule has 0 saturated heterocycles. The van der Waals surface area contributed by atoms with Crippen molar-refractivity contribution in [2.75, 3.05) is 0 Å². The summed E-state index contributed by atoms with van der Waals surface area (Å²) in [4.78, 5) is 21.8. The molecule has 0 bridgehead atoms. The number of para-hydroxylation sites is 1. The molecule has 6 heteroatoms. The number of rotatable bonds is 7. The number of fused-ring (bicyclic) bond motifs is 6. The molecule has 0 fully saturated rings. The highest BCUT2D eigenvalue weighted by molar-refractivity contribution is 7.25. The molecule has 12 aromatic rings. The van der Waals surface area contributed by atoms with Crippen LogP contribution >= 0.6 is 11.3 Å². The van der Waals surface area contributed by atoms with Crippen LogP contribution in [-0.2, 0) is 0 Å². The van der Waals surface area contributed by atoms with E-state index in [1.807, 2.05) is 30.3 Å². The van der Waals surface area contributed by atoms with E-state index in [1.54, 1.807) is 11.3 Å². The largest absolute Gasteiger partial charge is 0.438 e. The number of aromatic nitrogens is 4. The first kappa shape index (κ1) is 35.8. The monoisotopic (exact) mass is 810 g/mol. The third-order valence-corrected chi connectivity index (χ3v) is 12.6. The average Bonchev–Trinajstić information content (AvgIpc) is 3.93. The van der Waals surface area contributed by atoms with E-state index in [2.05, 4.69) is 176 Å². The molecule has 62 heavy (non-hydrogen) atoms. The standard InChI is InChI=1S/C56H34N4OS/c1-3-13-35(14-4-1)37-25-29-39(30-26-37)53-57-51(49-45-21-7-9-23-47(45)61-55(49)59-53)43-19-11-17-41(33-43)42-18-12-20-44(34-42)52-50-46-22-8-10-24-48(46)62-56(50)60-54(58-52)40-31-27-38(28-32-40)36-15-5-2-6-16-36/h1-34H. The van der Waals surface area contributed by atoms with Gasteiger partial charge in [0, 0.05) is 43.1 Å². The molecule has 0 aliphatic carbocycles. The topological polar surface area (TPSA) is 64.7 Å². The molecule has 4 aromatic heterocycles. The van der Waals surface area contributed by atoms with Crippen LogP contribution in [0.1, 0.15) is 0 Å². The van der Waals surface area contributed by atoms with Crippen LogP contribution in [0.15, 0.2) is 211 Å². The molecule has 0 atom stereocenters. The number of furan rings is 1. The molecule has 4 heterocycles. The van der Waals surface area contributed by atoms with Crippen LogP contribution < -0.4 is 0 Å². The first-order valence-corrected chi connectivity index (χ1v) is 21.4. The smallest absolute Gasteiger partial charge is 0.231 e. The van der Waals surface area contributed by atoms with Crippen LogP contribution in [0, 0.1) is 0 Å². The third kappa shape index (κ3) is 6.33. The summed E-state index contributed by atoms with van der Waals surface area (Å²) in [5.41, 5.74) is 13.7. The highest BCUT2D eigenvalue weighted by Gasteiger charge is 2.20. The lowest BCUT2D eigenvalue weighted by atomic mass is 9.97. The zero-order valence-corrected chi connectivity index (χ0v) is 34.1. The zero-order valence-electron chi connectivity index (χ0n) is 33.2. The van der Waals surface area contributed by atoms with Crippen molar-refractivity contribution >= 4 is 53.7 Å². The summed E-state index contributed by atoms with van der Waals surface area (Å²) < 4.78 is 7.60. The summed E-state index contributed by atoms with van der Waals surface area (Å²) in [6.07, 6.45) is 0. The van der Waals surface area contributed by atoms with E-state index in [0.29, 0.717) is 17.4 Å². The number of hydrogen-bond acceptors (Lipinski definition) is 6. The van der Waals surface area contributed by atoms with Crippen LogP contribution in [0.25, 0.3) is 121 Å². The summed E-state index contributed by atoms with van der Waals surface area (Å²) >= 11 is 1.71. The molecule has 0 unspecified atom stereocenters. The molecule has 0 aliphatic heterocycles. The normalized spacial score (nSPS) is 11.5. The van der Waals surface area contributed by atoms with Crippen molar-refractivity contribution < 1.29 is 4.42 Å². The Bertz CT molecular complexity index is 3370. The minimum Gasteiger partial charge on any atom is -0.438 e. The molecule has 0 radical (unpaired) electrons. The summed E-state index contributed by atoms with van der Waals surface area (Å²) in [5, 5.41) is 4.11. The van der Waals surface area contributed by atoms with Crippen LogP contribution in [0.5, 0.6) is 0 Å². The first-order chi connectivity index (χ1) is 30.7. The second-order valence-corrected chi connectivity index (χ2v) is 16.4. The van der Waals surface area contributed by atoms with Gasteiger partial charge in [-0.2, -0.15) is 4.98 Å². The quantitative estimate of drug-likeness (QED) is 0.160. The number of nitrogens with zero attached hydrogens (tertiary/aromatic N) is 4. The van der Waals surface area contributed by atoms with Gasteiger partial charge >= 0.3 is 0 Å². The van der Waals surface area contributed by atoms with Gasteiger partial charge in [0.1, 0.15) is 10.4 Å². The Kier molecular flexibility index (Phi) is 8.61. The molecule has 0 saturated carbocycles. The van der Waals surface area contributed by atoms with Gasteiger partial charge in [0.25, 0.3) is 0 Å². The Morgan fingerprint density at radius 3 is 1.39 bits per heavy atom. The van der Waals surface area contributed by atoms with E-state index >= 15 is 0 Å². The predicted octanol–water partition coefficient (Wildman–Crippen LogP) is 15.2. The lowest BCUT2D eigenvalue weighted by Gasteiger charge is -2.11. The Morgan fingerprint density at radius 1 is 0.323 bits per heavy atom. The minimum atomic E-state index is 0.562. The fourth-order valence-electron chi connectivity index (χ4n) is 8.50. The maximum absolute atomic E-state index is 6.41. The van der Waals surface area contributed by atoms with Crippen LogP contribution in [-0.4, -0.2) is 19.9 Å². The highest BCUT2D eigenvalue weighted by atomic mass is 32.1. The van der Waals surface area contributed by atoms with Gasteiger partial charge in [0.15, 0.2) is 11.6 Å². The summed E-state index contributed by atoms with van der Waals surface area (Å²) in [5.74, 6) is 1.32. The van der Waals surface area contributed by atoms with Gasteiger partial charge in [-0.05, 0) is 57.6 Å². The van der Waals surface area contributed by atoms with Crippen molar-refractivity contribution in [3.05, 3.63) is 206 Å². The molecular weight excluding hydrogens is 777 g/mol. The lowest BCUT2D eigenvalue weighted by Crippen LogP contribution is -1.95. The summed E-state index contributed by atoms with van der Waals surface area (Å²) in [6, 6.07) is 71.7. The molecule has 12 rings (SSSR count). The molecule has 0 amide bonds. The van der Waals surface area contributed by atoms with Crippen LogP contribution in [0.4, 0.5) is 0 Å². The Hall–Kier alpha value is -8.06. The van der Waals surface area contributed by atoms with Crippen molar-refractivity contribution in [1.29, 1.82) is 0 Å². The van der Waals surface area contributed by atoms with Crippen molar-refractivity contribution in [3.8, 4) is 78.7 Å². The van der Waals surface area contributed by atoms with E-state index in [-0.39, 0.29) is 0 Å². The minimum absolute atomic E-state index is 0.562. The lowest BCUT2D eigenvalue weighted by molar-refractivity contribution is 0.653. The average molecular weight is 811 g/mol.